The number of halogens is 1. The number of amides is 3. The van der Waals surface area contributed by atoms with Crippen molar-refractivity contribution in [3.63, 3.8) is 0 Å². The first-order chi connectivity index (χ1) is 26.7. The highest BCUT2D eigenvalue weighted by molar-refractivity contribution is 6.23. The average molecular weight is 743 g/mol. The summed E-state index contributed by atoms with van der Waals surface area (Å²) in [7, 11) is 0. The molecule has 10 heteroatoms. The normalized spacial score (nSPS) is 21.4. The molecule has 9 nitrogen and oxygen atoms in total. The smallest absolute Gasteiger partial charge is 0.262 e. The van der Waals surface area contributed by atoms with Crippen LogP contribution in [0.2, 0.25) is 0 Å². The van der Waals surface area contributed by atoms with Gasteiger partial charge in [-0.1, -0.05) is 36.9 Å². The Kier molecular flexibility index (Phi) is 10.4. The van der Waals surface area contributed by atoms with E-state index < -0.39 is 17.9 Å². The monoisotopic (exact) mass is 742 g/mol. The zero-order chi connectivity index (χ0) is 38.1. The minimum absolute atomic E-state index is 0.0961. The van der Waals surface area contributed by atoms with Gasteiger partial charge in [-0.15, -0.1) is 0 Å². The Balaban J connectivity index is 0.786. The summed E-state index contributed by atoms with van der Waals surface area (Å²) in [6, 6.07) is 25.5. The number of allylic oxidation sites excluding steroid dienone is 1. The third-order valence-corrected chi connectivity index (χ3v) is 11.8. The van der Waals surface area contributed by atoms with Crippen LogP contribution in [0.5, 0.6) is 11.5 Å². The fraction of sp³-hybridized carbons (Fsp3) is 0.356. The number of carbonyl (C=O) groups excluding carboxylic acids is 3. The van der Waals surface area contributed by atoms with Crippen molar-refractivity contribution in [3.05, 3.63) is 136 Å². The number of hydrogen-bond acceptors (Lipinski definition) is 7. The summed E-state index contributed by atoms with van der Waals surface area (Å²) >= 11 is 0. The van der Waals surface area contributed by atoms with E-state index in [1.54, 1.807) is 12.1 Å². The van der Waals surface area contributed by atoms with Gasteiger partial charge in [-0.05, 0) is 134 Å². The number of aryl methyl sites for hydroxylation is 1. The number of phenolic OH excluding ortho intramolecular Hbond substituents is 1. The topological polar surface area (TPSA) is 102 Å². The van der Waals surface area contributed by atoms with Crippen LogP contribution in [0.3, 0.4) is 0 Å². The maximum atomic E-state index is 13.8. The lowest BCUT2D eigenvalue weighted by Gasteiger charge is -2.36. The Hall–Kier alpha value is -5.48. The van der Waals surface area contributed by atoms with Gasteiger partial charge in [0.1, 0.15) is 23.4 Å². The number of fused-ring (bicyclic) bond motifs is 2. The van der Waals surface area contributed by atoms with E-state index in [1.807, 2.05) is 48.5 Å². The van der Waals surface area contributed by atoms with E-state index in [0.717, 1.165) is 92.3 Å². The lowest BCUT2D eigenvalue weighted by atomic mass is 9.69. The van der Waals surface area contributed by atoms with Crippen LogP contribution in [0.4, 0.5) is 10.1 Å². The van der Waals surface area contributed by atoms with Crippen molar-refractivity contribution in [2.24, 2.45) is 0 Å². The molecule has 4 aliphatic rings. The van der Waals surface area contributed by atoms with Gasteiger partial charge < -0.3 is 20.1 Å². The summed E-state index contributed by atoms with van der Waals surface area (Å²) < 4.78 is 19.9. The van der Waals surface area contributed by atoms with Crippen molar-refractivity contribution in [2.45, 2.75) is 62.8 Å². The summed E-state index contributed by atoms with van der Waals surface area (Å²) in [5.74, 6) is 0.0235. The summed E-state index contributed by atoms with van der Waals surface area (Å²) in [4.78, 5) is 44.9. The number of carbonyl (C=O) groups is 3. The molecule has 0 aromatic heterocycles. The molecule has 2 fully saturated rings. The Morgan fingerprint density at radius 1 is 0.782 bits per heavy atom. The van der Waals surface area contributed by atoms with Gasteiger partial charge >= 0.3 is 0 Å². The number of benzene rings is 4. The Morgan fingerprint density at radius 2 is 1.53 bits per heavy atom. The van der Waals surface area contributed by atoms with E-state index >= 15 is 0 Å². The van der Waals surface area contributed by atoms with Gasteiger partial charge in [-0.3, -0.25) is 24.2 Å². The number of aromatic hydroxyl groups is 1. The van der Waals surface area contributed by atoms with Crippen molar-refractivity contribution >= 4 is 23.4 Å². The molecule has 0 saturated carbocycles. The minimum Gasteiger partial charge on any atom is -0.508 e. The summed E-state index contributed by atoms with van der Waals surface area (Å²) in [5, 5.41) is 12.8. The van der Waals surface area contributed by atoms with Crippen LogP contribution in [-0.4, -0.2) is 78.0 Å². The molecule has 4 aromatic carbocycles. The van der Waals surface area contributed by atoms with Crippen molar-refractivity contribution in [3.8, 4) is 11.5 Å². The number of piperazine rings is 1. The lowest BCUT2D eigenvalue weighted by molar-refractivity contribution is -0.125. The second kappa shape index (κ2) is 15.7. The molecule has 2 saturated heterocycles. The summed E-state index contributed by atoms with van der Waals surface area (Å²) in [6.07, 6.45) is 5.81. The number of hydrogen-bond donors (Lipinski definition) is 2. The molecule has 0 spiro atoms. The zero-order valence-electron chi connectivity index (χ0n) is 31.0. The summed E-state index contributed by atoms with van der Waals surface area (Å²) in [6.45, 7) is 8.95. The van der Waals surface area contributed by atoms with Gasteiger partial charge in [0.25, 0.3) is 11.8 Å². The van der Waals surface area contributed by atoms with Crippen molar-refractivity contribution in [2.75, 3.05) is 44.2 Å². The fourth-order valence-corrected chi connectivity index (χ4v) is 8.83. The predicted molar refractivity (Wildman–Crippen MR) is 209 cm³/mol. The quantitative estimate of drug-likeness (QED) is 0.124. The lowest BCUT2D eigenvalue weighted by Crippen LogP contribution is -2.51. The Labute approximate surface area is 321 Å². The molecule has 3 heterocycles. The van der Waals surface area contributed by atoms with Crippen molar-refractivity contribution in [1.29, 1.82) is 0 Å². The van der Waals surface area contributed by atoms with E-state index in [9.17, 15) is 23.9 Å². The molecule has 284 valence electrons. The van der Waals surface area contributed by atoms with E-state index in [-0.39, 0.29) is 29.3 Å². The third kappa shape index (κ3) is 7.60. The third-order valence-electron chi connectivity index (χ3n) is 11.8. The first-order valence-corrected chi connectivity index (χ1v) is 19.5. The van der Waals surface area contributed by atoms with E-state index in [4.69, 9.17) is 4.74 Å². The Bertz CT molecular complexity index is 2090. The van der Waals surface area contributed by atoms with Gasteiger partial charge in [0.15, 0.2) is 0 Å². The largest absolute Gasteiger partial charge is 0.508 e. The molecule has 55 heavy (non-hydrogen) atoms. The first kappa shape index (κ1) is 36.5. The molecule has 1 unspecified atom stereocenters. The molecule has 3 aliphatic heterocycles. The minimum atomic E-state index is -0.809. The number of piperidine rings is 1. The van der Waals surface area contributed by atoms with E-state index in [0.29, 0.717) is 36.3 Å². The number of unbranched alkanes of at least 4 members (excludes halogenated alkanes) is 2. The summed E-state index contributed by atoms with van der Waals surface area (Å²) in [5.41, 5.74) is 6.92. The fourth-order valence-electron chi connectivity index (χ4n) is 8.83. The highest BCUT2D eigenvalue weighted by Crippen LogP contribution is 2.47. The number of phenols is 1. The number of ether oxygens (including phenoxy) is 1. The molecule has 1 aliphatic carbocycles. The Morgan fingerprint density at radius 3 is 2.29 bits per heavy atom. The number of nitrogens with one attached hydrogen (secondary N) is 1. The van der Waals surface area contributed by atoms with Gasteiger partial charge in [0.2, 0.25) is 5.91 Å². The van der Waals surface area contributed by atoms with Crippen LogP contribution in [0.25, 0.3) is 0 Å². The van der Waals surface area contributed by atoms with Crippen LogP contribution in [-0.2, 0) is 11.2 Å². The predicted octanol–water partition coefficient (Wildman–Crippen LogP) is 7.15. The van der Waals surface area contributed by atoms with Crippen molar-refractivity contribution < 1.29 is 28.6 Å². The molecule has 8 rings (SSSR count). The van der Waals surface area contributed by atoms with E-state index in [2.05, 4.69) is 33.8 Å². The molecule has 3 atom stereocenters. The molecule has 4 aromatic rings. The molecule has 0 bridgehead atoms. The maximum Gasteiger partial charge on any atom is 0.262 e. The van der Waals surface area contributed by atoms with Gasteiger partial charge in [-0.25, -0.2) is 4.39 Å². The molecular formula is C45H47FN4O5. The first-order valence-electron chi connectivity index (χ1n) is 19.5. The van der Waals surface area contributed by atoms with Gasteiger partial charge in [0, 0.05) is 43.5 Å². The molecule has 0 radical (unpaired) electrons. The van der Waals surface area contributed by atoms with E-state index in [1.165, 1.54) is 23.3 Å². The highest BCUT2D eigenvalue weighted by Gasteiger charge is 2.44. The standard InChI is InChI=1S/C45H47FN4O5/c1-29-5-20-41(43(52)47-29)50-44(53)39-18-13-34(28-40(39)45(50)54)49-24-22-48(23-25-49)21-3-2-4-26-55-36-15-8-31(9-16-36)42-37(30-6-11-33(46)12-7-30)17-10-32-27-35(51)14-19-38(32)42/h6-9,11-16,18-19,27-28,37,41-42,51H,1-5,10,17,20-26H2,(H,47,52)/t37-,41?,42+/m1/s1. The van der Waals surface area contributed by atoms with Crippen molar-refractivity contribution in [1.82, 2.24) is 15.1 Å². The van der Waals surface area contributed by atoms with Crippen LogP contribution in [0, 0.1) is 5.82 Å². The number of anilines is 1. The van der Waals surface area contributed by atoms with Crippen LogP contribution in [0.1, 0.15) is 93.3 Å². The number of rotatable bonds is 11. The van der Waals surface area contributed by atoms with Crippen LogP contribution in [0.15, 0.2) is 97.2 Å². The molecule has 2 N–H and O–H groups in total. The van der Waals surface area contributed by atoms with Gasteiger partial charge in [0.05, 0.1) is 17.7 Å². The highest BCUT2D eigenvalue weighted by atomic mass is 19.1. The molecule has 3 amide bonds. The average Bonchev–Trinajstić information content (AvgIpc) is 3.44. The molecular weight excluding hydrogens is 696 g/mol. The zero-order valence-corrected chi connectivity index (χ0v) is 31.0. The second-order valence-electron chi connectivity index (χ2n) is 15.2. The van der Waals surface area contributed by atoms with Crippen LogP contribution >= 0.6 is 0 Å². The van der Waals surface area contributed by atoms with Gasteiger partial charge in [-0.2, -0.15) is 0 Å². The SMILES string of the molecule is C=C1CCC(N2C(=O)c3ccc(N4CCN(CCCCCOc5ccc([C@@H]6c7ccc(O)cc7CC[C@@H]6c6ccc(F)cc6)cc5)CC4)cc3C2=O)C(=O)N1. The maximum absolute atomic E-state index is 13.8. The number of nitrogens with zero attached hydrogens (tertiary/aromatic N) is 3. The second-order valence-corrected chi connectivity index (χ2v) is 15.2. The number of imide groups is 1. The van der Waals surface area contributed by atoms with Crippen LogP contribution < -0.4 is 15.0 Å².